The van der Waals surface area contributed by atoms with E-state index >= 15 is 0 Å². The molecule has 0 heterocycles. The molecule has 0 saturated carbocycles. The van der Waals surface area contributed by atoms with Crippen LogP contribution < -0.4 is 10.9 Å². The van der Waals surface area contributed by atoms with E-state index in [2.05, 4.69) is 21.1 Å². The molecule has 128 valence electrons. The number of benzene rings is 2. The number of hydrazone groups is 2. The van der Waals surface area contributed by atoms with Gasteiger partial charge in [-0.05, 0) is 19.1 Å². The summed E-state index contributed by atoms with van der Waals surface area (Å²) in [6.45, 7) is 1.62. The molecule has 2 aromatic rings. The van der Waals surface area contributed by atoms with Gasteiger partial charge in [-0.3, -0.25) is 31.1 Å². The minimum absolute atomic E-state index is 0.103. The van der Waals surface area contributed by atoms with Crippen molar-refractivity contribution in [3.63, 3.8) is 0 Å². The molecule has 0 atom stereocenters. The molecule has 0 aromatic heterocycles. The highest BCUT2D eigenvalue weighted by Gasteiger charge is 2.12. The first kappa shape index (κ1) is 17.5. The van der Waals surface area contributed by atoms with Gasteiger partial charge in [0.05, 0.1) is 21.8 Å². The summed E-state index contributed by atoms with van der Waals surface area (Å²) >= 11 is 0. The molecular formula is C15H14N6O4. The summed E-state index contributed by atoms with van der Waals surface area (Å²) in [7, 11) is 0. The van der Waals surface area contributed by atoms with Crippen molar-refractivity contribution in [1.82, 2.24) is 0 Å². The Morgan fingerprint density at radius 2 is 1.40 bits per heavy atom. The van der Waals surface area contributed by atoms with Crippen molar-refractivity contribution in [3.05, 3.63) is 68.8 Å². The molecule has 2 aromatic carbocycles. The van der Waals surface area contributed by atoms with Gasteiger partial charge in [0, 0.05) is 12.1 Å². The number of nitrogens with one attached hydrogen (secondary N) is 2. The maximum absolute atomic E-state index is 10.9. The van der Waals surface area contributed by atoms with Crippen molar-refractivity contribution in [1.29, 1.82) is 0 Å². The summed E-state index contributed by atoms with van der Waals surface area (Å²) in [5.74, 6) is 0. The third-order valence-electron chi connectivity index (χ3n) is 2.99. The Kier molecular flexibility index (Phi) is 5.72. The van der Waals surface area contributed by atoms with Gasteiger partial charge in [-0.15, -0.1) is 0 Å². The zero-order valence-corrected chi connectivity index (χ0v) is 13.1. The van der Waals surface area contributed by atoms with Gasteiger partial charge in [0.15, 0.2) is 0 Å². The molecule has 0 aliphatic heterocycles. The van der Waals surface area contributed by atoms with Crippen LogP contribution in [-0.2, 0) is 0 Å². The summed E-state index contributed by atoms with van der Waals surface area (Å²) in [5, 5.41) is 29.6. The van der Waals surface area contributed by atoms with Gasteiger partial charge >= 0.3 is 0 Å². The van der Waals surface area contributed by atoms with Gasteiger partial charge in [-0.2, -0.15) is 10.2 Å². The number of hydrogen-bond acceptors (Lipinski definition) is 8. The minimum Gasteiger partial charge on any atom is -0.272 e. The molecular weight excluding hydrogens is 328 g/mol. The summed E-state index contributed by atoms with van der Waals surface area (Å²) in [5.41, 5.74) is 5.84. The lowest BCUT2D eigenvalue weighted by molar-refractivity contribution is -0.384. The summed E-state index contributed by atoms with van der Waals surface area (Å²) in [4.78, 5) is 20.8. The Morgan fingerprint density at radius 1 is 0.920 bits per heavy atom. The van der Waals surface area contributed by atoms with Crippen molar-refractivity contribution >= 4 is 34.7 Å². The number of hydrogen-bond donors (Lipinski definition) is 2. The van der Waals surface area contributed by atoms with Crippen molar-refractivity contribution in [2.24, 2.45) is 10.2 Å². The molecule has 0 saturated heterocycles. The molecule has 0 amide bonds. The van der Waals surface area contributed by atoms with E-state index in [1.54, 1.807) is 31.2 Å². The lowest BCUT2D eigenvalue weighted by Gasteiger charge is -2.02. The lowest BCUT2D eigenvalue weighted by atomic mass is 10.3. The molecule has 10 nitrogen and oxygen atoms in total. The Balaban J connectivity index is 2.04. The fourth-order valence-corrected chi connectivity index (χ4v) is 1.83. The van der Waals surface area contributed by atoms with Gasteiger partial charge in [-0.25, -0.2) is 0 Å². The number of nitro groups is 2. The van der Waals surface area contributed by atoms with E-state index in [0.717, 1.165) is 0 Å². The van der Waals surface area contributed by atoms with Crippen LogP contribution in [-0.4, -0.2) is 21.8 Å². The summed E-state index contributed by atoms with van der Waals surface area (Å²) in [6, 6.07) is 12.2. The molecule has 0 aliphatic rings. The van der Waals surface area contributed by atoms with Crippen LogP contribution in [0, 0.1) is 20.2 Å². The van der Waals surface area contributed by atoms with Crippen LogP contribution in [0.1, 0.15) is 6.92 Å². The van der Waals surface area contributed by atoms with E-state index in [9.17, 15) is 20.2 Å². The minimum atomic E-state index is -0.519. The zero-order valence-electron chi connectivity index (χ0n) is 13.1. The Labute approximate surface area is 142 Å². The quantitative estimate of drug-likeness (QED) is 0.450. The van der Waals surface area contributed by atoms with Crippen LogP contribution in [0.3, 0.4) is 0 Å². The van der Waals surface area contributed by atoms with Crippen LogP contribution >= 0.6 is 0 Å². The molecule has 0 radical (unpaired) electrons. The fourth-order valence-electron chi connectivity index (χ4n) is 1.83. The molecule has 0 spiro atoms. The van der Waals surface area contributed by atoms with Gasteiger partial charge < -0.3 is 0 Å². The Hall–Kier alpha value is -3.82. The number of nitro benzene ring substituents is 2. The van der Waals surface area contributed by atoms with Crippen LogP contribution in [0.5, 0.6) is 0 Å². The molecule has 25 heavy (non-hydrogen) atoms. The largest absolute Gasteiger partial charge is 0.294 e. The van der Waals surface area contributed by atoms with Gasteiger partial charge in [0.2, 0.25) is 0 Å². The highest BCUT2D eigenvalue weighted by Crippen LogP contribution is 2.23. The number of rotatable bonds is 7. The standard InChI is InChI=1S/C15H14N6O4/c1-11(17-19-13-7-3-5-9-15(13)21(24)25)10-16-18-12-6-2-4-8-14(12)20(22)23/h2-10,18-19H,1H3/b16-10+,17-11+. The first-order valence-corrected chi connectivity index (χ1v) is 7.05. The average molecular weight is 342 g/mol. The zero-order chi connectivity index (χ0) is 18.2. The van der Waals surface area contributed by atoms with E-state index in [0.29, 0.717) is 5.71 Å². The van der Waals surface area contributed by atoms with Crippen molar-refractivity contribution in [3.8, 4) is 0 Å². The second kappa shape index (κ2) is 8.15. The first-order valence-electron chi connectivity index (χ1n) is 7.05. The molecule has 2 rings (SSSR count). The predicted molar refractivity (Wildman–Crippen MR) is 95.0 cm³/mol. The van der Waals surface area contributed by atoms with Crippen LogP contribution in [0.4, 0.5) is 22.7 Å². The average Bonchev–Trinajstić information content (AvgIpc) is 2.60. The smallest absolute Gasteiger partial charge is 0.272 e. The van der Waals surface area contributed by atoms with Gasteiger partial charge in [-0.1, -0.05) is 24.3 Å². The van der Waals surface area contributed by atoms with Crippen LogP contribution in [0.15, 0.2) is 58.7 Å². The summed E-state index contributed by atoms with van der Waals surface area (Å²) < 4.78 is 0. The highest BCUT2D eigenvalue weighted by molar-refractivity contribution is 6.29. The van der Waals surface area contributed by atoms with Crippen molar-refractivity contribution in [2.45, 2.75) is 6.92 Å². The number of anilines is 2. The Bertz CT molecular complexity index is 849. The Morgan fingerprint density at radius 3 is 1.92 bits per heavy atom. The van der Waals surface area contributed by atoms with E-state index in [1.165, 1.54) is 30.5 Å². The van der Waals surface area contributed by atoms with Crippen LogP contribution in [0.2, 0.25) is 0 Å². The second-order valence-corrected chi connectivity index (χ2v) is 4.78. The van der Waals surface area contributed by atoms with Gasteiger partial charge in [0.1, 0.15) is 11.4 Å². The normalized spacial score (nSPS) is 11.3. The molecule has 0 bridgehead atoms. The summed E-state index contributed by atoms with van der Waals surface area (Å²) in [6.07, 6.45) is 1.33. The first-order chi connectivity index (χ1) is 12.0. The maximum atomic E-state index is 10.9. The molecule has 0 aliphatic carbocycles. The number of nitrogens with zero attached hydrogens (tertiary/aromatic N) is 4. The highest BCUT2D eigenvalue weighted by atomic mass is 16.6. The van der Waals surface area contributed by atoms with Crippen LogP contribution in [0.25, 0.3) is 0 Å². The van der Waals surface area contributed by atoms with E-state index in [1.807, 2.05) is 0 Å². The van der Waals surface area contributed by atoms with Gasteiger partial charge in [0.25, 0.3) is 11.4 Å². The third-order valence-corrected chi connectivity index (χ3v) is 2.99. The van der Waals surface area contributed by atoms with Crippen molar-refractivity contribution in [2.75, 3.05) is 10.9 Å². The van der Waals surface area contributed by atoms with E-state index in [-0.39, 0.29) is 22.7 Å². The molecule has 0 fully saturated rings. The fraction of sp³-hybridized carbons (Fsp3) is 0.0667. The topological polar surface area (TPSA) is 135 Å². The molecule has 10 heteroatoms. The maximum Gasteiger partial charge on any atom is 0.294 e. The molecule has 0 unspecified atom stereocenters. The van der Waals surface area contributed by atoms with Crippen molar-refractivity contribution < 1.29 is 9.85 Å². The second-order valence-electron chi connectivity index (χ2n) is 4.78. The predicted octanol–water partition coefficient (Wildman–Crippen LogP) is 3.39. The van der Waals surface area contributed by atoms with E-state index < -0.39 is 9.85 Å². The lowest BCUT2D eigenvalue weighted by Crippen LogP contribution is -2.03. The third kappa shape index (κ3) is 4.82. The van der Waals surface area contributed by atoms with E-state index in [4.69, 9.17) is 0 Å². The number of para-hydroxylation sites is 4. The monoisotopic (exact) mass is 342 g/mol. The SMILES string of the molecule is CC(/C=N/Nc1ccccc1[N+](=O)[O-])=N\Nc1ccccc1[N+](=O)[O-]. The molecule has 2 N–H and O–H groups in total.